The average molecular weight is 193 g/mol. The highest BCUT2D eigenvalue weighted by Gasteiger charge is 2.16. The molecule has 1 fully saturated rings. The predicted molar refractivity (Wildman–Crippen MR) is 55.6 cm³/mol. The van der Waals surface area contributed by atoms with E-state index in [2.05, 4.69) is 5.32 Å². The van der Waals surface area contributed by atoms with E-state index in [1.54, 1.807) is 6.07 Å². The van der Waals surface area contributed by atoms with Crippen LogP contribution in [-0.2, 0) is 6.54 Å². The van der Waals surface area contributed by atoms with Gasteiger partial charge in [0.1, 0.15) is 5.82 Å². The summed E-state index contributed by atoms with van der Waals surface area (Å²) in [4.78, 5) is 0. The maximum atomic E-state index is 13.2. The standard InChI is InChI=1S/C12H16FN/c1-9-10(4-2-7-12(9)13)8-14-11-5-3-6-11/h2,4,7,11,14H,3,5-6,8H2,1H3. The van der Waals surface area contributed by atoms with Gasteiger partial charge in [-0.1, -0.05) is 18.6 Å². The van der Waals surface area contributed by atoms with Gasteiger partial charge in [-0.05, 0) is 37.0 Å². The Labute approximate surface area is 84.3 Å². The van der Waals surface area contributed by atoms with Crippen LogP contribution < -0.4 is 5.32 Å². The van der Waals surface area contributed by atoms with Gasteiger partial charge in [-0.15, -0.1) is 0 Å². The molecule has 0 spiro atoms. The lowest BCUT2D eigenvalue weighted by molar-refractivity contribution is 0.338. The van der Waals surface area contributed by atoms with E-state index in [1.807, 2.05) is 13.0 Å². The zero-order valence-electron chi connectivity index (χ0n) is 8.52. The van der Waals surface area contributed by atoms with Gasteiger partial charge >= 0.3 is 0 Å². The van der Waals surface area contributed by atoms with E-state index in [0.29, 0.717) is 6.04 Å². The molecule has 1 nitrogen and oxygen atoms in total. The molecule has 1 saturated carbocycles. The second kappa shape index (κ2) is 4.09. The zero-order chi connectivity index (χ0) is 9.97. The normalized spacial score (nSPS) is 16.7. The summed E-state index contributed by atoms with van der Waals surface area (Å²) in [6, 6.07) is 5.95. The second-order valence-electron chi connectivity index (χ2n) is 4.03. The molecule has 14 heavy (non-hydrogen) atoms. The van der Waals surface area contributed by atoms with Gasteiger partial charge in [0, 0.05) is 12.6 Å². The van der Waals surface area contributed by atoms with Crippen molar-refractivity contribution < 1.29 is 4.39 Å². The first-order valence-corrected chi connectivity index (χ1v) is 5.25. The lowest BCUT2D eigenvalue weighted by Gasteiger charge is -2.26. The van der Waals surface area contributed by atoms with E-state index < -0.39 is 0 Å². The van der Waals surface area contributed by atoms with Gasteiger partial charge in [0.15, 0.2) is 0 Å². The summed E-state index contributed by atoms with van der Waals surface area (Å²) < 4.78 is 13.2. The molecule has 0 bridgehead atoms. The fourth-order valence-corrected chi connectivity index (χ4v) is 1.71. The van der Waals surface area contributed by atoms with E-state index in [9.17, 15) is 4.39 Å². The summed E-state index contributed by atoms with van der Waals surface area (Å²) in [7, 11) is 0. The Morgan fingerprint density at radius 3 is 2.86 bits per heavy atom. The number of halogens is 1. The molecule has 0 aromatic heterocycles. The first-order chi connectivity index (χ1) is 6.77. The van der Waals surface area contributed by atoms with Crippen molar-refractivity contribution in [2.24, 2.45) is 0 Å². The Balaban J connectivity index is 1.97. The van der Waals surface area contributed by atoms with Crippen molar-refractivity contribution in [2.45, 2.75) is 38.8 Å². The van der Waals surface area contributed by atoms with Crippen LogP contribution in [0.3, 0.4) is 0 Å². The van der Waals surface area contributed by atoms with Gasteiger partial charge < -0.3 is 5.32 Å². The van der Waals surface area contributed by atoms with E-state index in [-0.39, 0.29) is 5.82 Å². The summed E-state index contributed by atoms with van der Waals surface area (Å²) in [5.74, 6) is -0.0992. The van der Waals surface area contributed by atoms with Crippen LogP contribution in [0.15, 0.2) is 18.2 Å². The molecule has 1 aromatic rings. The molecular weight excluding hydrogens is 177 g/mol. The molecule has 0 saturated heterocycles. The average Bonchev–Trinajstić information content (AvgIpc) is 2.09. The second-order valence-corrected chi connectivity index (χ2v) is 4.03. The van der Waals surface area contributed by atoms with Crippen molar-refractivity contribution in [1.82, 2.24) is 5.32 Å². The van der Waals surface area contributed by atoms with Crippen molar-refractivity contribution in [2.75, 3.05) is 0 Å². The third-order valence-electron chi connectivity index (χ3n) is 3.07. The molecule has 1 aliphatic rings. The fourth-order valence-electron chi connectivity index (χ4n) is 1.71. The van der Waals surface area contributed by atoms with Crippen LogP contribution in [0.2, 0.25) is 0 Å². The summed E-state index contributed by atoms with van der Waals surface area (Å²) in [5, 5.41) is 3.44. The molecule has 2 heteroatoms. The predicted octanol–water partition coefficient (Wildman–Crippen LogP) is 2.78. The summed E-state index contributed by atoms with van der Waals surface area (Å²) in [6.07, 6.45) is 3.88. The highest BCUT2D eigenvalue weighted by Crippen LogP contribution is 2.19. The largest absolute Gasteiger partial charge is 0.310 e. The van der Waals surface area contributed by atoms with E-state index in [1.165, 1.54) is 25.3 Å². The van der Waals surface area contributed by atoms with Crippen LogP contribution in [0.25, 0.3) is 0 Å². The van der Waals surface area contributed by atoms with Crippen LogP contribution >= 0.6 is 0 Å². The summed E-state index contributed by atoms with van der Waals surface area (Å²) in [6.45, 7) is 2.64. The highest BCUT2D eigenvalue weighted by molar-refractivity contribution is 5.27. The third-order valence-corrected chi connectivity index (χ3v) is 3.07. The Hall–Kier alpha value is -0.890. The minimum absolute atomic E-state index is 0.0992. The molecule has 0 radical (unpaired) electrons. The number of rotatable bonds is 3. The maximum absolute atomic E-state index is 13.2. The van der Waals surface area contributed by atoms with Crippen molar-refractivity contribution in [1.29, 1.82) is 0 Å². The van der Waals surface area contributed by atoms with Crippen LogP contribution in [0.4, 0.5) is 4.39 Å². The Bertz CT molecular complexity index is 318. The highest BCUT2D eigenvalue weighted by atomic mass is 19.1. The van der Waals surface area contributed by atoms with Gasteiger partial charge in [-0.3, -0.25) is 0 Å². The summed E-state index contributed by atoms with van der Waals surface area (Å²) in [5.41, 5.74) is 1.86. The number of hydrogen-bond acceptors (Lipinski definition) is 1. The number of nitrogens with one attached hydrogen (secondary N) is 1. The molecule has 0 heterocycles. The van der Waals surface area contributed by atoms with Crippen molar-refractivity contribution in [3.63, 3.8) is 0 Å². The van der Waals surface area contributed by atoms with Gasteiger partial charge in [-0.25, -0.2) is 4.39 Å². The van der Waals surface area contributed by atoms with Gasteiger partial charge in [-0.2, -0.15) is 0 Å². The summed E-state index contributed by atoms with van der Waals surface area (Å²) >= 11 is 0. The fraction of sp³-hybridized carbons (Fsp3) is 0.500. The smallest absolute Gasteiger partial charge is 0.126 e. The van der Waals surface area contributed by atoms with Crippen LogP contribution in [0, 0.1) is 12.7 Å². The first-order valence-electron chi connectivity index (χ1n) is 5.25. The first kappa shape index (κ1) is 9.66. The van der Waals surface area contributed by atoms with Gasteiger partial charge in [0.25, 0.3) is 0 Å². The minimum atomic E-state index is -0.0992. The van der Waals surface area contributed by atoms with Gasteiger partial charge in [0.05, 0.1) is 0 Å². The molecular formula is C12H16FN. The van der Waals surface area contributed by atoms with Crippen molar-refractivity contribution >= 4 is 0 Å². The van der Waals surface area contributed by atoms with Crippen LogP contribution in [0.1, 0.15) is 30.4 Å². The van der Waals surface area contributed by atoms with Crippen molar-refractivity contribution in [3.05, 3.63) is 35.1 Å². The van der Waals surface area contributed by atoms with E-state index in [4.69, 9.17) is 0 Å². The number of hydrogen-bond donors (Lipinski definition) is 1. The monoisotopic (exact) mass is 193 g/mol. The van der Waals surface area contributed by atoms with E-state index in [0.717, 1.165) is 17.7 Å². The minimum Gasteiger partial charge on any atom is -0.310 e. The molecule has 1 aromatic carbocycles. The lowest BCUT2D eigenvalue weighted by atomic mass is 9.93. The van der Waals surface area contributed by atoms with Crippen LogP contribution in [0.5, 0.6) is 0 Å². The molecule has 0 aliphatic heterocycles. The maximum Gasteiger partial charge on any atom is 0.126 e. The third kappa shape index (κ3) is 1.95. The van der Waals surface area contributed by atoms with Gasteiger partial charge in [0.2, 0.25) is 0 Å². The molecule has 0 atom stereocenters. The molecule has 1 aliphatic carbocycles. The zero-order valence-corrected chi connectivity index (χ0v) is 8.52. The van der Waals surface area contributed by atoms with Crippen LogP contribution in [-0.4, -0.2) is 6.04 Å². The van der Waals surface area contributed by atoms with Crippen molar-refractivity contribution in [3.8, 4) is 0 Å². The van der Waals surface area contributed by atoms with E-state index >= 15 is 0 Å². The topological polar surface area (TPSA) is 12.0 Å². The SMILES string of the molecule is Cc1c(F)cccc1CNC1CCC1. The Morgan fingerprint density at radius 2 is 2.21 bits per heavy atom. The molecule has 76 valence electrons. The molecule has 0 unspecified atom stereocenters. The lowest BCUT2D eigenvalue weighted by Crippen LogP contribution is -2.34. The quantitative estimate of drug-likeness (QED) is 0.778. The molecule has 1 N–H and O–H groups in total. The number of benzene rings is 1. The Morgan fingerprint density at radius 1 is 1.43 bits per heavy atom. The molecule has 0 amide bonds. The Kier molecular flexibility index (Phi) is 2.82. The molecule has 2 rings (SSSR count).